The molecule has 0 saturated heterocycles. The summed E-state index contributed by atoms with van der Waals surface area (Å²) in [4.78, 5) is 4.06. The monoisotopic (exact) mass is 306 g/mol. The molecule has 0 fully saturated rings. The zero-order valence-corrected chi connectivity index (χ0v) is 11.7. The number of nitrogens with zero attached hydrogens (tertiary/aromatic N) is 1. The van der Waals surface area contributed by atoms with E-state index >= 15 is 0 Å². The topological polar surface area (TPSA) is 45.1 Å². The molecule has 1 aromatic carbocycles. The van der Waals surface area contributed by atoms with Crippen LogP contribution >= 0.6 is 15.9 Å². The van der Waals surface area contributed by atoms with E-state index < -0.39 is 6.10 Å². The van der Waals surface area contributed by atoms with E-state index in [0.717, 1.165) is 21.3 Å². The van der Waals surface area contributed by atoms with Gasteiger partial charge < -0.3 is 10.4 Å². The van der Waals surface area contributed by atoms with Crippen molar-refractivity contribution in [1.82, 2.24) is 4.98 Å². The largest absolute Gasteiger partial charge is 0.387 e. The number of aliphatic hydroxyl groups excluding tert-OH is 1. The Bertz CT molecular complexity index is 531. The van der Waals surface area contributed by atoms with Crippen molar-refractivity contribution in [3.8, 4) is 0 Å². The van der Waals surface area contributed by atoms with Crippen LogP contribution in [0.3, 0.4) is 0 Å². The zero-order chi connectivity index (χ0) is 13.0. The van der Waals surface area contributed by atoms with Crippen LogP contribution in [0.2, 0.25) is 0 Å². The average Bonchev–Trinajstić information content (AvgIpc) is 2.36. The first-order valence-electron chi connectivity index (χ1n) is 5.74. The fourth-order valence-electron chi connectivity index (χ4n) is 1.72. The standard InChI is InChI=1S/C14H15BrN2O/c1-10-3-2-4-11(5-10)14(18)9-17-13-6-12(15)7-16-8-13/h2-8,14,17-18H,9H2,1H3. The van der Waals surface area contributed by atoms with Gasteiger partial charge in [0, 0.05) is 17.2 Å². The Labute approximate surface area is 115 Å². The van der Waals surface area contributed by atoms with Crippen molar-refractivity contribution in [2.45, 2.75) is 13.0 Å². The molecule has 0 saturated carbocycles. The van der Waals surface area contributed by atoms with Gasteiger partial charge in [-0.25, -0.2) is 0 Å². The third-order valence-electron chi connectivity index (χ3n) is 2.63. The molecule has 3 nitrogen and oxygen atoms in total. The third-order valence-corrected chi connectivity index (χ3v) is 3.06. The van der Waals surface area contributed by atoms with E-state index in [9.17, 15) is 5.11 Å². The maximum atomic E-state index is 10.1. The summed E-state index contributed by atoms with van der Waals surface area (Å²) in [5.74, 6) is 0. The van der Waals surface area contributed by atoms with Gasteiger partial charge >= 0.3 is 0 Å². The number of hydrogen-bond acceptors (Lipinski definition) is 3. The lowest BCUT2D eigenvalue weighted by molar-refractivity contribution is 0.191. The molecule has 0 amide bonds. The van der Waals surface area contributed by atoms with Gasteiger partial charge in [0.2, 0.25) is 0 Å². The fraction of sp³-hybridized carbons (Fsp3) is 0.214. The SMILES string of the molecule is Cc1cccc(C(O)CNc2cncc(Br)c2)c1. The summed E-state index contributed by atoms with van der Waals surface area (Å²) in [6.07, 6.45) is 2.93. The summed E-state index contributed by atoms with van der Waals surface area (Å²) >= 11 is 3.36. The van der Waals surface area contributed by atoms with Crippen LogP contribution in [0, 0.1) is 6.92 Å². The van der Waals surface area contributed by atoms with Crippen LogP contribution in [0.15, 0.2) is 47.2 Å². The molecule has 0 bridgehead atoms. The lowest BCUT2D eigenvalue weighted by atomic mass is 10.1. The summed E-state index contributed by atoms with van der Waals surface area (Å²) < 4.78 is 0.914. The quantitative estimate of drug-likeness (QED) is 0.911. The van der Waals surface area contributed by atoms with E-state index in [4.69, 9.17) is 0 Å². The Morgan fingerprint density at radius 3 is 2.89 bits per heavy atom. The number of nitrogens with one attached hydrogen (secondary N) is 1. The Morgan fingerprint density at radius 2 is 2.17 bits per heavy atom. The maximum absolute atomic E-state index is 10.1. The van der Waals surface area contributed by atoms with Crippen LogP contribution in [0.1, 0.15) is 17.2 Å². The van der Waals surface area contributed by atoms with E-state index in [-0.39, 0.29) is 0 Å². The van der Waals surface area contributed by atoms with E-state index in [0.29, 0.717) is 6.54 Å². The smallest absolute Gasteiger partial charge is 0.0962 e. The molecule has 4 heteroatoms. The molecule has 1 heterocycles. The number of aryl methyl sites for hydroxylation is 1. The summed E-state index contributed by atoms with van der Waals surface area (Å²) in [6.45, 7) is 2.48. The highest BCUT2D eigenvalue weighted by Gasteiger charge is 2.07. The van der Waals surface area contributed by atoms with E-state index in [1.165, 1.54) is 0 Å². The first-order valence-corrected chi connectivity index (χ1v) is 6.53. The van der Waals surface area contributed by atoms with Crippen molar-refractivity contribution in [2.75, 3.05) is 11.9 Å². The lowest BCUT2D eigenvalue weighted by Crippen LogP contribution is -2.12. The molecule has 0 spiro atoms. The molecule has 0 aliphatic carbocycles. The lowest BCUT2D eigenvalue weighted by Gasteiger charge is -2.13. The van der Waals surface area contributed by atoms with Gasteiger partial charge in [-0.1, -0.05) is 29.8 Å². The predicted molar refractivity (Wildman–Crippen MR) is 76.6 cm³/mol. The minimum atomic E-state index is -0.524. The number of benzene rings is 1. The van der Waals surface area contributed by atoms with E-state index in [1.807, 2.05) is 37.3 Å². The molecular formula is C14H15BrN2O. The molecule has 0 aliphatic rings. The number of hydrogen-bond donors (Lipinski definition) is 2. The second-order valence-electron chi connectivity index (χ2n) is 4.20. The molecule has 2 rings (SSSR count). The molecule has 94 valence electrons. The zero-order valence-electron chi connectivity index (χ0n) is 10.1. The van der Waals surface area contributed by atoms with Crippen LogP contribution in [0.25, 0.3) is 0 Å². The van der Waals surface area contributed by atoms with Crippen LogP contribution in [0.5, 0.6) is 0 Å². The van der Waals surface area contributed by atoms with Gasteiger partial charge in [0.15, 0.2) is 0 Å². The highest BCUT2D eigenvalue weighted by molar-refractivity contribution is 9.10. The van der Waals surface area contributed by atoms with Crippen molar-refractivity contribution < 1.29 is 5.11 Å². The van der Waals surface area contributed by atoms with E-state index in [1.54, 1.807) is 12.4 Å². The minimum Gasteiger partial charge on any atom is -0.387 e. The molecule has 2 aromatic rings. The third kappa shape index (κ3) is 3.55. The summed E-state index contributed by atoms with van der Waals surface area (Å²) in [6, 6.07) is 9.82. The van der Waals surface area contributed by atoms with Gasteiger partial charge in [-0.15, -0.1) is 0 Å². The number of anilines is 1. The molecule has 1 aromatic heterocycles. The minimum absolute atomic E-state index is 0.460. The van der Waals surface area contributed by atoms with Crippen molar-refractivity contribution in [3.63, 3.8) is 0 Å². The first-order chi connectivity index (χ1) is 8.65. The fourth-order valence-corrected chi connectivity index (χ4v) is 2.08. The molecule has 2 N–H and O–H groups in total. The van der Waals surface area contributed by atoms with Gasteiger partial charge in [0.05, 0.1) is 18.0 Å². The molecule has 0 radical (unpaired) electrons. The van der Waals surface area contributed by atoms with Gasteiger partial charge in [0.1, 0.15) is 0 Å². The van der Waals surface area contributed by atoms with Gasteiger partial charge in [-0.05, 0) is 34.5 Å². The van der Waals surface area contributed by atoms with E-state index in [2.05, 4.69) is 26.2 Å². The Morgan fingerprint density at radius 1 is 1.33 bits per heavy atom. The predicted octanol–water partition coefficient (Wildman–Crippen LogP) is 3.30. The van der Waals surface area contributed by atoms with Crippen LogP contribution in [0.4, 0.5) is 5.69 Å². The van der Waals surface area contributed by atoms with Gasteiger partial charge in [-0.3, -0.25) is 4.98 Å². The molecule has 18 heavy (non-hydrogen) atoms. The summed E-state index contributed by atoms with van der Waals surface area (Å²) in [7, 11) is 0. The Balaban J connectivity index is 1.98. The van der Waals surface area contributed by atoms with Crippen LogP contribution < -0.4 is 5.32 Å². The average molecular weight is 307 g/mol. The molecule has 1 atom stereocenters. The summed E-state index contributed by atoms with van der Waals surface area (Å²) in [5, 5.41) is 13.2. The second kappa shape index (κ2) is 5.98. The number of aliphatic hydroxyl groups is 1. The maximum Gasteiger partial charge on any atom is 0.0962 e. The van der Waals surface area contributed by atoms with Crippen LogP contribution in [-0.2, 0) is 0 Å². The molecule has 0 aliphatic heterocycles. The normalized spacial score (nSPS) is 12.2. The number of aromatic nitrogens is 1. The second-order valence-corrected chi connectivity index (χ2v) is 5.12. The highest BCUT2D eigenvalue weighted by Crippen LogP contribution is 2.17. The van der Waals surface area contributed by atoms with Crippen LogP contribution in [-0.4, -0.2) is 16.6 Å². The van der Waals surface area contributed by atoms with Crippen molar-refractivity contribution in [1.29, 1.82) is 0 Å². The first kappa shape index (κ1) is 13.1. The molecule has 1 unspecified atom stereocenters. The van der Waals surface area contributed by atoms with Crippen molar-refractivity contribution in [2.24, 2.45) is 0 Å². The number of rotatable bonds is 4. The Hall–Kier alpha value is -1.39. The Kier molecular flexibility index (Phi) is 4.33. The van der Waals surface area contributed by atoms with Crippen molar-refractivity contribution >= 4 is 21.6 Å². The van der Waals surface area contributed by atoms with Gasteiger partial charge in [-0.2, -0.15) is 0 Å². The highest BCUT2D eigenvalue weighted by atomic mass is 79.9. The van der Waals surface area contributed by atoms with Crippen molar-refractivity contribution in [3.05, 3.63) is 58.3 Å². The number of pyridine rings is 1. The summed E-state index contributed by atoms with van der Waals surface area (Å²) in [5.41, 5.74) is 2.96. The number of halogens is 1. The van der Waals surface area contributed by atoms with Gasteiger partial charge in [0.25, 0.3) is 0 Å². The molecular weight excluding hydrogens is 292 g/mol.